The van der Waals surface area contributed by atoms with Gasteiger partial charge in [0.25, 0.3) is 0 Å². The van der Waals surface area contributed by atoms with E-state index in [-0.39, 0.29) is 11.8 Å². The van der Waals surface area contributed by atoms with Gasteiger partial charge in [-0.25, -0.2) is 13.1 Å². The molecule has 24 heavy (non-hydrogen) atoms. The van der Waals surface area contributed by atoms with E-state index in [4.69, 9.17) is 27.9 Å². The Bertz CT molecular complexity index is 792. The Morgan fingerprint density at radius 2 is 1.75 bits per heavy atom. The summed E-state index contributed by atoms with van der Waals surface area (Å²) < 4.78 is 32.7. The Balaban J connectivity index is 2.05. The summed E-state index contributed by atoms with van der Waals surface area (Å²) in [6, 6.07) is 11.8. The molecular weight excluding hydrogens is 369 g/mol. The predicted molar refractivity (Wildman–Crippen MR) is 98.2 cm³/mol. The Morgan fingerprint density at radius 1 is 1.08 bits per heavy atom. The molecule has 2 aromatic carbocycles. The number of hydrogen-bond donors (Lipinski definition) is 1. The first-order valence-electron chi connectivity index (χ1n) is 7.47. The van der Waals surface area contributed by atoms with Crippen LogP contribution in [-0.4, -0.2) is 15.0 Å². The molecule has 0 aliphatic carbocycles. The number of benzene rings is 2. The normalized spacial score (nSPS) is 12.8. The number of rotatable bonds is 7. The lowest BCUT2D eigenvalue weighted by Gasteiger charge is -2.15. The van der Waals surface area contributed by atoms with Crippen LogP contribution in [0.5, 0.6) is 5.75 Å². The first kappa shape index (κ1) is 19.1. The van der Waals surface area contributed by atoms with Crippen molar-refractivity contribution in [3.63, 3.8) is 0 Å². The van der Waals surface area contributed by atoms with Gasteiger partial charge in [-0.1, -0.05) is 41.4 Å². The molecule has 0 spiro atoms. The van der Waals surface area contributed by atoms with Crippen LogP contribution in [0.25, 0.3) is 0 Å². The van der Waals surface area contributed by atoms with Crippen molar-refractivity contribution in [1.82, 2.24) is 4.72 Å². The Morgan fingerprint density at radius 3 is 2.33 bits per heavy atom. The van der Waals surface area contributed by atoms with Crippen LogP contribution in [0, 0.1) is 0 Å². The highest BCUT2D eigenvalue weighted by Gasteiger charge is 2.17. The highest BCUT2D eigenvalue weighted by molar-refractivity contribution is 7.88. The summed E-state index contributed by atoms with van der Waals surface area (Å²) in [5.41, 5.74) is 1.44. The van der Waals surface area contributed by atoms with Crippen LogP contribution in [-0.2, 0) is 15.8 Å². The second kappa shape index (κ2) is 8.21. The second-order valence-corrected chi connectivity index (χ2v) is 7.92. The average molecular weight is 388 g/mol. The van der Waals surface area contributed by atoms with Gasteiger partial charge in [-0.3, -0.25) is 0 Å². The van der Waals surface area contributed by atoms with E-state index in [1.807, 2.05) is 31.2 Å². The van der Waals surface area contributed by atoms with Crippen LogP contribution in [0.4, 0.5) is 0 Å². The molecule has 0 radical (unpaired) electrons. The molecule has 0 unspecified atom stereocenters. The van der Waals surface area contributed by atoms with E-state index in [9.17, 15) is 8.42 Å². The molecule has 0 saturated heterocycles. The zero-order valence-electron chi connectivity index (χ0n) is 13.4. The first-order chi connectivity index (χ1) is 11.3. The van der Waals surface area contributed by atoms with Crippen molar-refractivity contribution in [1.29, 1.82) is 0 Å². The van der Waals surface area contributed by atoms with E-state index in [1.54, 1.807) is 25.1 Å². The molecule has 0 heterocycles. The number of nitrogens with one attached hydrogen (secondary N) is 1. The number of ether oxygens (including phenoxy) is 1. The van der Waals surface area contributed by atoms with Gasteiger partial charge < -0.3 is 4.74 Å². The third kappa shape index (κ3) is 5.38. The van der Waals surface area contributed by atoms with Crippen LogP contribution >= 0.6 is 23.2 Å². The molecule has 1 atom stereocenters. The second-order valence-electron chi connectivity index (χ2n) is 5.35. The quantitative estimate of drug-likeness (QED) is 0.756. The lowest BCUT2D eigenvalue weighted by molar-refractivity contribution is 0.340. The molecule has 0 saturated carbocycles. The van der Waals surface area contributed by atoms with Crippen LogP contribution in [0.2, 0.25) is 10.0 Å². The zero-order chi connectivity index (χ0) is 17.7. The van der Waals surface area contributed by atoms with Crippen molar-refractivity contribution in [3.05, 3.63) is 63.6 Å². The van der Waals surface area contributed by atoms with Gasteiger partial charge in [-0.2, -0.15) is 0 Å². The number of sulfonamides is 1. The smallest absolute Gasteiger partial charge is 0.216 e. The van der Waals surface area contributed by atoms with Crippen LogP contribution in [0.1, 0.15) is 31.0 Å². The zero-order valence-corrected chi connectivity index (χ0v) is 15.8. The van der Waals surface area contributed by atoms with Gasteiger partial charge in [0.1, 0.15) is 5.75 Å². The van der Waals surface area contributed by atoms with Crippen LogP contribution in [0.3, 0.4) is 0 Å². The Labute approximate surface area is 152 Å². The molecule has 2 aromatic rings. The Hall–Kier alpha value is -1.27. The monoisotopic (exact) mass is 387 g/mol. The van der Waals surface area contributed by atoms with Gasteiger partial charge in [-0.15, -0.1) is 0 Å². The van der Waals surface area contributed by atoms with Gasteiger partial charge in [-0.05, 0) is 49.2 Å². The lowest BCUT2D eigenvalue weighted by atomic mass is 10.1. The average Bonchev–Trinajstić information content (AvgIpc) is 2.51. The molecule has 0 bridgehead atoms. The summed E-state index contributed by atoms with van der Waals surface area (Å²) in [5.74, 6) is 0.595. The van der Waals surface area contributed by atoms with E-state index in [2.05, 4.69) is 4.72 Å². The molecule has 2 rings (SSSR count). The molecule has 4 nitrogen and oxygen atoms in total. The van der Waals surface area contributed by atoms with Crippen molar-refractivity contribution in [2.24, 2.45) is 0 Å². The first-order valence-corrected chi connectivity index (χ1v) is 9.88. The summed E-state index contributed by atoms with van der Waals surface area (Å²) in [6.45, 7) is 4.29. The molecule has 0 aliphatic rings. The molecule has 0 fully saturated rings. The van der Waals surface area contributed by atoms with Crippen molar-refractivity contribution < 1.29 is 13.2 Å². The van der Waals surface area contributed by atoms with Gasteiger partial charge >= 0.3 is 0 Å². The maximum absolute atomic E-state index is 12.3. The molecule has 7 heteroatoms. The van der Waals surface area contributed by atoms with Crippen molar-refractivity contribution in [2.45, 2.75) is 25.6 Å². The molecule has 1 N–H and O–H groups in total. The minimum atomic E-state index is -3.51. The molecular formula is C17H19Cl2NO3S. The SMILES string of the molecule is CCOc1ccc([C@@H](C)NS(=O)(=O)Cc2ccc(Cl)c(Cl)c2)cc1. The van der Waals surface area contributed by atoms with E-state index in [0.717, 1.165) is 11.3 Å². The fourth-order valence-corrected chi connectivity index (χ4v) is 3.94. The van der Waals surface area contributed by atoms with Gasteiger partial charge in [0.15, 0.2) is 0 Å². The molecule has 0 aliphatic heterocycles. The summed E-state index contributed by atoms with van der Waals surface area (Å²) in [6.07, 6.45) is 0. The van der Waals surface area contributed by atoms with Gasteiger partial charge in [0, 0.05) is 6.04 Å². The number of hydrogen-bond acceptors (Lipinski definition) is 3. The topological polar surface area (TPSA) is 55.4 Å². The van der Waals surface area contributed by atoms with E-state index in [1.165, 1.54) is 0 Å². The summed E-state index contributed by atoms with van der Waals surface area (Å²) in [5, 5.41) is 0.734. The maximum Gasteiger partial charge on any atom is 0.216 e. The van der Waals surface area contributed by atoms with Crippen molar-refractivity contribution >= 4 is 33.2 Å². The van der Waals surface area contributed by atoms with E-state index >= 15 is 0 Å². The van der Waals surface area contributed by atoms with Crippen LogP contribution < -0.4 is 9.46 Å². The standard InChI is InChI=1S/C17H19Cl2NO3S/c1-3-23-15-7-5-14(6-8-15)12(2)20-24(21,22)11-13-4-9-16(18)17(19)10-13/h4-10,12,20H,3,11H2,1-2H3/t12-/m1/s1. The number of halogens is 2. The van der Waals surface area contributed by atoms with E-state index in [0.29, 0.717) is 22.2 Å². The fourth-order valence-electron chi connectivity index (χ4n) is 2.25. The largest absolute Gasteiger partial charge is 0.494 e. The molecule has 0 aromatic heterocycles. The van der Waals surface area contributed by atoms with Crippen LogP contribution in [0.15, 0.2) is 42.5 Å². The Kier molecular flexibility index (Phi) is 6.52. The third-order valence-electron chi connectivity index (χ3n) is 3.39. The van der Waals surface area contributed by atoms with Gasteiger partial charge in [0.05, 0.1) is 22.4 Å². The summed E-state index contributed by atoms with van der Waals surface area (Å²) >= 11 is 11.8. The summed E-state index contributed by atoms with van der Waals surface area (Å²) in [7, 11) is -3.51. The van der Waals surface area contributed by atoms with E-state index < -0.39 is 10.0 Å². The minimum absolute atomic E-state index is 0.161. The lowest BCUT2D eigenvalue weighted by Crippen LogP contribution is -2.28. The third-order valence-corrected chi connectivity index (χ3v) is 5.55. The van der Waals surface area contributed by atoms with Crippen molar-refractivity contribution in [2.75, 3.05) is 6.61 Å². The molecule has 130 valence electrons. The predicted octanol–water partition coefficient (Wildman–Crippen LogP) is 4.57. The minimum Gasteiger partial charge on any atom is -0.494 e. The maximum atomic E-state index is 12.3. The highest BCUT2D eigenvalue weighted by Crippen LogP contribution is 2.24. The molecule has 0 amide bonds. The highest BCUT2D eigenvalue weighted by atomic mass is 35.5. The van der Waals surface area contributed by atoms with Crippen molar-refractivity contribution in [3.8, 4) is 5.75 Å². The summed E-state index contributed by atoms with van der Waals surface area (Å²) in [4.78, 5) is 0. The fraction of sp³-hybridized carbons (Fsp3) is 0.294. The van der Waals surface area contributed by atoms with Gasteiger partial charge in [0.2, 0.25) is 10.0 Å².